The minimum atomic E-state index is 0.298. The summed E-state index contributed by atoms with van der Waals surface area (Å²) in [4.78, 5) is 8.01. The summed E-state index contributed by atoms with van der Waals surface area (Å²) < 4.78 is 5.69. The van der Waals surface area contributed by atoms with Gasteiger partial charge >= 0.3 is 0 Å². The molecule has 6 heteroatoms. The quantitative estimate of drug-likeness (QED) is 0.830. The Morgan fingerprint density at radius 1 is 1.33 bits per heavy atom. The van der Waals surface area contributed by atoms with E-state index in [0.29, 0.717) is 29.7 Å². The SMILES string of the molecule is Cc1cc(Cl)ccc1OCCCNc1nccnc1C#N. The number of nitrogens with one attached hydrogen (secondary N) is 1. The van der Waals surface area contributed by atoms with Crippen molar-refractivity contribution >= 4 is 17.4 Å². The maximum atomic E-state index is 8.89. The molecule has 1 aromatic heterocycles. The van der Waals surface area contributed by atoms with Gasteiger partial charge in [-0.15, -0.1) is 0 Å². The van der Waals surface area contributed by atoms with Gasteiger partial charge in [0.25, 0.3) is 0 Å². The highest BCUT2D eigenvalue weighted by Gasteiger charge is 2.03. The molecule has 21 heavy (non-hydrogen) atoms. The number of hydrogen-bond acceptors (Lipinski definition) is 5. The molecular weight excluding hydrogens is 288 g/mol. The van der Waals surface area contributed by atoms with Crippen LogP contribution < -0.4 is 10.1 Å². The predicted octanol–water partition coefficient (Wildman–Crippen LogP) is 3.19. The summed E-state index contributed by atoms with van der Waals surface area (Å²) in [5, 5.41) is 12.7. The van der Waals surface area contributed by atoms with Crippen LogP contribution in [-0.2, 0) is 0 Å². The summed E-state index contributed by atoms with van der Waals surface area (Å²) in [6.07, 6.45) is 3.83. The van der Waals surface area contributed by atoms with Gasteiger partial charge in [-0.25, -0.2) is 9.97 Å². The van der Waals surface area contributed by atoms with E-state index in [1.54, 1.807) is 12.3 Å². The molecule has 0 aliphatic heterocycles. The highest BCUT2D eigenvalue weighted by atomic mass is 35.5. The first-order chi connectivity index (χ1) is 10.2. The Hall–Kier alpha value is -2.32. The van der Waals surface area contributed by atoms with Gasteiger partial charge in [0.05, 0.1) is 6.61 Å². The summed E-state index contributed by atoms with van der Waals surface area (Å²) in [5.74, 6) is 1.33. The van der Waals surface area contributed by atoms with Gasteiger partial charge in [0.2, 0.25) is 0 Å². The van der Waals surface area contributed by atoms with Gasteiger partial charge in [0.15, 0.2) is 11.5 Å². The monoisotopic (exact) mass is 302 g/mol. The first kappa shape index (κ1) is 15.1. The maximum Gasteiger partial charge on any atom is 0.182 e. The lowest BCUT2D eigenvalue weighted by Crippen LogP contribution is -2.10. The Balaban J connectivity index is 1.76. The van der Waals surface area contributed by atoms with Crippen LogP contribution in [0.3, 0.4) is 0 Å². The molecule has 0 saturated carbocycles. The van der Waals surface area contributed by atoms with Crippen LogP contribution in [0.4, 0.5) is 5.82 Å². The molecule has 0 unspecified atom stereocenters. The van der Waals surface area contributed by atoms with E-state index in [4.69, 9.17) is 21.6 Å². The molecule has 0 amide bonds. The van der Waals surface area contributed by atoms with Crippen LogP contribution in [0.25, 0.3) is 0 Å². The average molecular weight is 303 g/mol. The molecule has 0 fully saturated rings. The highest BCUT2D eigenvalue weighted by Crippen LogP contribution is 2.21. The van der Waals surface area contributed by atoms with Crippen molar-refractivity contribution < 1.29 is 4.74 Å². The Kier molecular flexibility index (Phi) is 5.35. The highest BCUT2D eigenvalue weighted by molar-refractivity contribution is 6.30. The number of aromatic nitrogens is 2. The number of nitriles is 1. The lowest BCUT2D eigenvalue weighted by Gasteiger charge is -2.10. The zero-order chi connectivity index (χ0) is 15.1. The molecule has 0 aliphatic carbocycles. The van der Waals surface area contributed by atoms with Gasteiger partial charge in [0.1, 0.15) is 11.8 Å². The lowest BCUT2D eigenvalue weighted by molar-refractivity contribution is 0.313. The summed E-state index contributed by atoms with van der Waals surface area (Å²) in [7, 11) is 0. The van der Waals surface area contributed by atoms with Crippen LogP contribution in [-0.4, -0.2) is 23.1 Å². The molecule has 1 aromatic carbocycles. The zero-order valence-electron chi connectivity index (χ0n) is 11.6. The first-order valence-corrected chi connectivity index (χ1v) is 6.92. The Bertz CT molecular complexity index is 654. The van der Waals surface area contributed by atoms with Gasteiger partial charge in [0, 0.05) is 24.0 Å². The molecule has 0 atom stereocenters. The number of aryl methyl sites for hydroxylation is 1. The summed E-state index contributed by atoms with van der Waals surface area (Å²) in [6, 6.07) is 7.53. The van der Waals surface area contributed by atoms with Gasteiger partial charge in [-0.2, -0.15) is 5.26 Å². The summed E-state index contributed by atoms with van der Waals surface area (Å²) in [6.45, 7) is 3.18. The molecule has 108 valence electrons. The Morgan fingerprint density at radius 3 is 2.90 bits per heavy atom. The van der Waals surface area contributed by atoms with Crippen molar-refractivity contribution in [1.82, 2.24) is 9.97 Å². The fourth-order valence-electron chi connectivity index (χ4n) is 1.79. The molecule has 5 nitrogen and oxygen atoms in total. The van der Waals surface area contributed by atoms with Crippen molar-refractivity contribution in [2.45, 2.75) is 13.3 Å². The second-order valence-corrected chi connectivity index (χ2v) is 4.84. The fourth-order valence-corrected chi connectivity index (χ4v) is 2.01. The van der Waals surface area contributed by atoms with Crippen LogP contribution in [0, 0.1) is 18.3 Å². The minimum Gasteiger partial charge on any atom is -0.493 e. The summed E-state index contributed by atoms with van der Waals surface area (Å²) >= 11 is 5.89. The topological polar surface area (TPSA) is 70.8 Å². The first-order valence-electron chi connectivity index (χ1n) is 6.54. The molecule has 1 heterocycles. The van der Waals surface area contributed by atoms with Crippen molar-refractivity contribution in [1.29, 1.82) is 5.26 Å². The average Bonchev–Trinajstić information content (AvgIpc) is 2.49. The van der Waals surface area contributed by atoms with E-state index in [2.05, 4.69) is 15.3 Å². The van der Waals surface area contributed by atoms with Crippen LogP contribution in [0.5, 0.6) is 5.75 Å². The van der Waals surface area contributed by atoms with Crippen LogP contribution in [0.15, 0.2) is 30.6 Å². The molecule has 1 N–H and O–H groups in total. The van der Waals surface area contributed by atoms with Gasteiger partial charge < -0.3 is 10.1 Å². The van der Waals surface area contributed by atoms with Crippen molar-refractivity contribution in [3.8, 4) is 11.8 Å². The number of rotatable bonds is 6. The molecule has 0 saturated heterocycles. The van der Waals surface area contributed by atoms with E-state index in [9.17, 15) is 0 Å². The largest absolute Gasteiger partial charge is 0.493 e. The maximum absolute atomic E-state index is 8.89. The third-order valence-electron chi connectivity index (χ3n) is 2.81. The van der Waals surface area contributed by atoms with Gasteiger partial charge in [-0.05, 0) is 37.1 Å². The Morgan fingerprint density at radius 2 is 2.14 bits per heavy atom. The predicted molar refractivity (Wildman–Crippen MR) is 81.5 cm³/mol. The van der Waals surface area contributed by atoms with E-state index in [1.165, 1.54) is 6.20 Å². The third-order valence-corrected chi connectivity index (χ3v) is 3.05. The van der Waals surface area contributed by atoms with Crippen molar-refractivity contribution in [2.24, 2.45) is 0 Å². The molecule has 0 spiro atoms. The lowest BCUT2D eigenvalue weighted by atomic mass is 10.2. The number of ether oxygens (including phenoxy) is 1. The number of benzene rings is 1. The van der Waals surface area contributed by atoms with Crippen molar-refractivity contribution in [3.05, 3.63) is 46.9 Å². The number of halogens is 1. The van der Waals surface area contributed by atoms with E-state index in [1.807, 2.05) is 25.1 Å². The smallest absolute Gasteiger partial charge is 0.182 e. The van der Waals surface area contributed by atoms with Crippen molar-refractivity contribution in [3.63, 3.8) is 0 Å². The second-order valence-electron chi connectivity index (χ2n) is 4.40. The molecule has 0 radical (unpaired) electrons. The number of nitrogens with zero attached hydrogens (tertiary/aromatic N) is 3. The standard InChI is InChI=1S/C15H15ClN4O/c1-11-9-12(16)3-4-14(11)21-8-2-5-19-15-13(10-17)18-6-7-20-15/h3-4,6-7,9H,2,5,8H2,1H3,(H,19,20). The van der Waals surface area contributed by atoms with Crippen LogP contribution in [0.2, 0.25) is 5.02 Å². The second kappa shape index (κ2) is 7.46. The summed E-state index contributed by atoms with van der Waals surface area (Å²) in [5.41, 5.74) is 1.31. The molecule has 0 bridgehead atoms. The molecular formula is C15H15ClN4O. The van der Waals surface area contributed by atoms with E-state index in [0.717, 1.165) is 17.7 Å². The molecule has 0 aliphatic rings. The number of hydrogen-bond donors (Lipinski definition) is 1. The molecule has 2 aromatic rings. The van der Waals surface area contributed by atoms with E-state index in [-0.39, 0.29) is 0 Å². The van der Waals surface area contributed by atoms with Gasteiger partial charge in [-0.3, -0.25) is 0 Å². The third kappa shape index (κ3) is 4.33. The fraction of sp³-hybridized carbons (Fsp3) is 0.267. The van der Waals surface area contributed by atoms with Crippen molar-refractivity contribution in [2.75, 3.05) is 18.5 Å². The normalized spacial score (nSPS) is 9.95. The van der Waals surface area contributed by atoms with Crippen LogP contribution in [0.1, 0.15) is 17.7 Å². The Labute approximate surface area is 128 Å². The van der Waals surface area contributed by atoms with Gasteiger partial charge in [-0.1, -0.05) is 11.6 Å². The van der Waals surface area contributed by atoms with E-state index >= 15 is 0 Å². The molecule has 2 rings (SSSR count). The minimum absolute atomic E-state index is 0.298. The zero-order valence-corrected chi connectivity index (χ0v) is 12.4. The van der Waals surface area contributed by atoms with Crippen LogP contribution >= 0.6 is 11.6 Å². The van der Waals surface area contributed by atoms with E-state index < -0.39 is 0 Å². The number of anilines is 1.